The monoisotopic (exact) mass is 777 g/mol. The van der Waals surface area contributed by atoms with Crippen molar-refractivity contribution in [3.8, 4) is 0 Å². The zero-order valence-electron chi connectivity index (χ0n) is 37.2. The van der Waals surface area contributed by atoms with E-state index in [0.717, 1.165) is 82.7 Å². The largest absolute Gasteiger partial charge is 0.353 e. The van der Waals surface area contributed by atoms with Gasteiger partial charge in [0, 0.05) is 51.4 Å². The molecule has 0 atom stereocenters. The van der Waals surface area contributed by atoms with Crippen molar-refractivity contribution in [1.82, 2.24) is 4.57 Å². The van der Waals surface area contributed by atoms with Gasteiger partial charge in [0.2, 0.25) is 0 Å². The van der Waals surface area contributed by atoms with E-state index in [4.69, 9.17) is 0 Å². The van der Waals surface area contributed by atoms with Crippen molar-refractivity contribution in [3.05, 3.63) is 200 Å². The fourth-order valence-corrected chi connectivity index (χ4v) is 11.3. The summed E-state index contributed by atoms with van der Waals surface area (Å²) in [4.78, 5) is 4.61. The van der Waals surface area contributed by atoms with Gasteiger partial charge in [0.15, 0.2) is 0 Å². The molecule has 0 radical (unpaired) electrons. The highest BCUT2D eigenvalue weighted by Crippen LogP contribution is 2.51. The number of para-hydroxylation sites is 2. The number of hydrogen-bond acceptors (Lipinski definition) is 2. The molecule has 0 amide bonds. The molecule has 0 N–H and O–H groups in total. The van der Waals surface area contributed by atoms with Crippen molar-refractivity contribution < 1.29 is 5.48 Å². The second-order valence-corrected chi connectivity index (χ2v) is 16.5. The number of anilines is 6. The number of aromatic nitrogens is 1. The van der Waals surface area contributed by atoms with Gasteiger partial charge in [0.05, 0.1) is 22.5 Å². The Bertz CT molecular complexity index is 4030. The van der Waals surface area contributed by atoms with Crippen LogP contribution in [0.25, 0.3) is 75.5 Å². The van der Waals surface area contributed by atoms with Crippen LogP contribution in [0.5, 0.6) is 0 Å². The molecule has 4 heteroatoms. The Morgan fingerprint density at radius 3 is 1.33 bits per heavy atom. The molecule has 0 saturated heterocycles. The van der Waals surface area contributed by atoms with E-state index in [1.54, 1.807) is 0 Å². The second-order valence-electron chi connectivity index (χ2n) is 16.5. The molecule has 11 aromatic carbocycles. The molecular weight excluding hydrogens is 737 g/mol. The lowest BCUT2D eigenvalue weighted by molar-refractivity contribution is 0.997. The van der Waals surface area contributed by atoms with E-state index >= 15 is 0 Å². The highest BCUT2D eigenvalue weighted by molar-refractivity contribution is 7.00. The predicted molar refractivity (Wildman–Crippen MR) is 262 cm³/mol. The lowest BCUT2D eigenvalue weighted by Gasteiger charge is -2.44. The van der Waals surface area contributed by atoms with Crippen molar-refractivity contribution in [3.63, 3.8) is 0 Å². The van der Waals surface area contributed by atoms with Gasteiger partial charge >= 0.3 is 0 Å². The van der Waals surface area contributed by atoms with Crippen LogP contribution >= 0.6 is 0 Å². The van der Waals surface area contributed by atoms with E-state index in [1.807, 2.05) is 0 Å². The molecule has 0 spiro atoms. The van der Waals surface area contributed by atoms with Crippen LogP contribution in [0, 0.1) is 0 Å². The van der Waals surface area contributed by atoms with Gasteiger partial charge in [0.1, 0.15) is 0 Å². The lowest BCUT2D eigenvalue weighted by atomic mass is 9.35. The van der Waals surface area contributed by atoms with E-state index in [-0.39, 0.29) is 24.2 Å². The van der Waals surface area contributed by atoms with Crippen molar-refractivity contribution in [2.24, 2.45) is 7.05 Å². The molecule has 3 heterocycles. The normalized spacial score (nSPS) is 14.1. The molecule has 1 aromatic heterocycles. The number of nitrogens with zero attached hydrogens (tertiary/aromatic N) is 3. The van der Waals surface area contributed by atoms with Gasteiger partial charge in [-0.1, -0.05) is 164 Å². The molecule has 0 bridgehead atoms. The zero-order chi connectivity index (χ0) is 43.4. The topological polar surface area (TPSA) is 11.4 Å². The second kappa shape index (κ2) is 12.1. The maximum atomic E-state index is 9.93. The maximum absolute atomic E-state index is 9.93. The van der Waals surface area contributed by atoms with Crippen molar-refractivity contribution in [1.29, 1.82) is 0 Å². The summed E-state index contributed by atoms with van der Waals surface area (Å²) in [6.45, 7) is -0.530. The van der Waals surface area contributed by atoms with Gasteiger partial charge in [-0.25, -0.2) is 0 Å². The van der Waals surface area contributed by atoms with Gasteiger partial charge in [-0.15, -0.1) is 0 Å². The smallest absolute Gasteiger partial charge is 0.272 e. The summed E-state index contributed by atoms with van der Waals surface area (Å²) in [5.74, 6) is 0. The van der Waals surface area contributed by atoms with Crippen LogP contribution in [0.4, 0.5) is 34.1 Å². The molecule has 14 rings (SSSR count). The SMILES string of the molecule is [2H]c1c([2H])c([2H])c2c(c1[2H])B1c3c(cccc3N(c3cccc4c5ccccc5c5ccccc5c34)c3c1n(C)c1ccccc31)N2c1cccc2c3ccccc3c3ccccc3c12. The average molecular weight is 778 g/mol. The third kappa shape index (κ3) is 4.23. The van der Waals surface area contributed by atoms with Gasteiger partial charge in [-0.3, -0.25) is 0 Å². The molecule has 2 aliphatic heterocycles. The molecular formula is C57H36BN3. The van der Waals surface area contributed by atoms with Crippen LogP contribution in [0.3, 0.4) is 0 Å². The van der Waals surface area contributed by atoms with Crippen LogP contribution < -0.4 is 26.3 Å². The molecule has 0 saturated carbocycles. The molecule has 0 fully saturated rings. The van der Waals surface area contributed by atoms with Crippen molar-refractivity contribution in [2.45, 2.75) is 0 Å². The quantitative estimate of drug-likeness (QED) is 0.128. The fraction of sp³-hybridized carbons (Fsp3) is 0.0175. The minimum absolute atomic E-state index is 0.0284. The standard InChI is InChI=1S/C57H36BN3/c1-59-47-29-12-10-25-45(47)56-57(59)58-46-28-11-13-30-48(46)60(49-31-14-26-43-39-19-4-2-17-35(39)37-21-6-8-23-41(37)53(43)49)51-33-16-34-52(55(51)58)61(56)50-32-15-27-44-40-20-5-3-18-36(40)38-22-7-9-24-42(38)54(44)50/h2-34H,1H3/i11D,13D,28D,30D. The minimum atomic E-state index is -0.530. The molecule has 12 aromatic rings. The summed E-state index contributed by atoms with van der Waals surface area (Å²) < 4.78 is 40.6. The number of benzene rings is 11. The highest BCUT2D eigenvalue weighted by Gasteiger charge is 2.46. The van der Waals surface area contributed by atoms with Gasteiger partial charge in [0.25, 0.3) is 6.71 Å². The number of hydrogen-bond donors (Lipinski definition) is 0. The Labute approximate surface area is 358 Å². The molecule has 0 unspecified atom stereocenters. The third-order valence-corrected chi connectivity index (χ3v) is 13.6. The number of aryl methyl sites for hydroxylation is 1. The predicted octanol–water partition coefficient (Wildman–Crippen LogP) is 13.2. The highest BCUT2D eigenvalue weighted by atomic mass is 15.2. The van der Waals surface area contributed by atoms with E-state index in [0.29, 0.717) is 11.2 Å². The Morgan fingerprint density at radius 2 is 0.770 bits per heavy atom. The molecule has 61 heavy (non-hydrogen) atoms. The van der Waals surface area contributed by atoms with E-state index < -0.39 is 6.71 Å². The molecule has 0 aliphatic carbocycles. The minimum Gasteiger partial charge on any atom is -0.353 e. The number of rotatable bonds is 2. The summed E-state index contributed by atoms with van der Waals surface area (Å²) in [5.41, 5.74) is 8.83. The molecule has 282 valence electrons. The first-order valence-electron chi connectivity index (χ1n) is 23.0. The van der Waals surface area contributed by atoms with Gasteiger partial charge in [-0.05, 0) is 101 Å². The fourth-order valence-electron chi connectivity index (χ4n) is 11.3. The summed E-state index contributed by atoms with van der Waals surface area (Å²) in [7, 11) is 2.11. The zero-order valence-corrected chi connectivity index (χ0v) is 33.2. The summed E-state index contributed by atoms with van der Waals surface area (Å²) >= 11 is 0. The maximum Gasteiger partial charge on any atom is 0.272 e. The van der Waals surface area contributed by atoms with Crippen LogP contribution in [0.2, 0.25) is 0 Å². The molecule has 2 aliphatic rings. The summed E-state index contributed by atoms with van der Waals surface area (Å²) in [6.07, 6.45) is 0. The van der Waals surface area contributed by atoms with Crippen LogP contribution in [-0.4, -0.2) is 11.3 Å². The first-order valence-corrected chi connectivity index (χ1v) is 21.0. The summed E-state index contributed by atoms with van der Waals surface area (Å²) in [6, 6.07) is 62.0. The Morgan fingerprint density at radius 1 is 0.377 bits per heavy atom. The van der Waals surface area contributed by atoms with Gasteiger partial charge < -0.3 is 14.4 Å². The Balaban J connectivity index is 1.17. The first kappa shape index (κ1) is 29.4. The average Bonchev–Trinajstić information content (AvgIpc) is 3.66. The number of fused-ring (bicyclic) bond motifs is 18. The lowest BCUT2D eigenvalue weighted by Crippen LogP contribution is -2.62. The van der Waals surface area contributed by atoms with Crippen LogP contribution in [0.1, 0.15) is 5.48 Å². The summed E-state index contributed by atoms with van der Waals surface area (Å²) in [5, 5.41) is 14.8. The third-order valence-electron chi connectivity index (χ3n) is 13.6. The Kier molecular flexibility index (Phi) is 5.84. The Hall–Kier alpha value is -7.82. The van der Waals surface area contributed by atoms with Crippen LogP contribution in [0.15, 0.2) is 200 Å². The van der Waals surface area contributed by atoms with E-state index in [2.05, 4.69) is 197 Å². The van der Waals surface area contributed by atoms with Crippen LogP contribution in [-0.2, 0) is 7.05 Å². The van der Waals surface area contributed by atoms with E-state index in [1.165, 1.54) is 32.3 Å². The molecule has 3 nitrogen and oxygen atoms in total. The van der Waals surface area contributed by atoms with Gasteiger partial charge in [-0.2, -0.15) is 0 Å². The van der Waals surface area contributed by atoms with Crippen molar-refractivity contribution in [2.75, 3.05) is 9.80 Å². The van der Waals surface area contributed by atoms with Crippen molar-refractivity contribution >= 4 is 133 Å². The first-order chi connectivity index (χ1) is 31.9. The van der Waals surface area contributed by atoms with E-state index in [9.17, 15) is 5.48 Å².